The van der Waals surface area contributed by atoms with Crippen LogP contribution in [0.2, 0.25) is 0 Å². The highest BCUT2D eigenvalue weighted by molar-refractivity contribution is 8.00. The molecule has 5 nitrogen and oxygen atoms in total. The van der Waals surface area contributed by atoms with Crippen molar-refractivity contribution in [2.45, 2.75) is 17.9 Å². The topological polar surface area (TPSA) is 88.8 Å². The van der Waals surface area contributed by atoms with Gasteiger partial charge < -0.3 is 16.4 Å². The zero-order chi connectivity index (χ0) is 19.1. The van der Waals surface area contributed by atoms with Gasteiger partial charge in [-0.05, 0) is 37.3 Å². The number of primary amides is 1. The van der Waals surface area contributed by atoms with Crippen molar-refractivity contribution in [1.29, 1.82) is 0 Å². The molecule has 2 rings (SSSR count). The number of hydrogen-bond acceptors (Lipinski definition) is 3. The first-order valence-electron chi connectivity index (χ1n) is 7.95. The molecule has 2 amide bonds. The zero-order valence-electron chi connectivity index (χ0n) is 14.2. The number of benzene rings is 2. The standard InChI is InChI=1S/C18H19F2N3O2S/c1-11(12-6-7-13(19)14(20)8-12)22-9-18(25)23-15-4-2-3-5-16(15)26-10-17(21)24/h2-8,11,22H,9-10H2,1H3,(H2,21,24)(H,23,25)/p+1/t11-/m1/s1. The van der Waals surface area contributed by atoms with Crippen molar-refractivity contribution in [3.8, 4) is 0 Å². The number of amides is 2. The monoisotopic (exact) mass is 380 g/mol. The molecular formula is C18H20F2N3O2S+. The van der Waals surface area contributed by atoms with Crippen molar-refractivity contribution in [2.24, 2.45) is 5.73 Å². The maximum Gasteiger partial charge on any atom is 0.279 e. The van der Waals surface area contributed by atoms with Gasteiger partial charge in [0.25, 0.3) is 5.91 Å². The smallest absolute Gasteiger partial charge is 0.279 e. The van der Waals surface area contributed by atoms with Crippen LogP contribution in [0.3, 0.4) is 0 Å². The second-order valence-corrected chi connectivity index (χ2v) is 6.72. The highest BCUT2D eigenvalue weighted by Gasteiger charge is 2.15. The van der Waals surface area contributed by atoms with Crippen LogP contribution in [0.1, 0.15) is 18.5 Å². The predicted molar refractivity (Wildman–Crippen MR) is 96.6 cm³/mol. The fourth-order valence-corrected chi connectivity index (χ4v) is 3.01. The van der Waals surface area contributed by atoms with Gasteiger partial charge in [0, 0.05) is 10.5 Å². The van der Waals surface area contributed by atoms with E-state index in [9.17, 15) is 18.4 Å². The van der Waals surface area contributed by atoms with E-state index in [-0.39, 0.29) is 24.2 Å². The average Bonchev–Trinajstić information content (AvgIpc) is 2.61. The highest BCUT2D eigenvalue weighted by atomic mass is 32.2. The maximum atomic E-state index is 13.3. The number of nitrogens with two attached hydrogens (primary N) is 2. The van der Waals surface area contributed by atoms with Gasteiger partial charge in [-0.1, -0.05) is 12.1 Å². The zero-order valence-corrected chi connectivity index (χ0v) is 15.0. The van der Waals surface area contributed by atoms with Gasteiger partial charge in [-0.25, -0.2) is 8.78 Å². The van der Waals surface area contributed by atoms with E-state index in [1.165, 1.54) is 17.8 Å². The second-order valence-electron chi connectivity index (χ2n) is 5.70. The average molecular weight is 380 g/mol. The number of carbonyl (C=O) groups is 2. The summed E-state index contributed by atoms with van der Waals surface area (Å²) in [5, 5.41) is 4.51. The SMILES string of the molecule is C[C@@H]([NH2+]CC(=O)Nc1ccccc1SCC(N)=O)c1ccc(F)c(F)c1. The largest absolute Gasteiger partial charge is 0.369 e. The van der Waals surface area contributed by atoms with Gasteiger partial charge in [0.15, 0.2) is 18.2 Å². The summed E-state index contributed by atoms with van der Waals surface area (Å²) in [5.74, 6) is -2.38. The summed E-state index contributed by atoms with van der Waals surface area (Å²) in [6.45, 7) is 1.91. The van der Waals surface area contributed by atoms with E-state index in [4.69, 9.17) is 5.73 Å². The number of quaternary nitrogens is 1. The molecule has 0 saturated heterocycles. The van der Waals surface area contributed by atoms with E-state index >= 15 is 0 Å². The fourth-order valence-electron chi connectivity index (χ4n) is 2.26. The molecule has 0 saturated carbocycles. The van der Waals surface area contributed by atoms with E-state index in [2.05, 4.69) is 5.32 Å². The van der Waals surface area contributed by atoms with Crippen LogP contribution < -0.4 is 16.4 Å². The molecule has 0 aliphatic rings. The van der Waals surface area contributed by atoms with E-state index in [0.29, 0.717) is 11.3 Å². The van der Waals surface area contributed by atoms with Gasteiger partial charge in [-0.2, -0.15) is 0 Å². The number of carbonyl (C=O) groups excluding carboxylic acids is 2. The third-order valence-corrected chi connectivity index (χ3v) is 4.75. The summed E-state index contributed by atoms with van der Waals surface area (Å²) < 4.78 is 26.3. The van der Waals surface area contributed by atoms with Crippen LogP contribution in [0.25, 0.3) is 0 Å². The summed E-state index contributed by atoms with van der Waals surface area (Å²) in [7, 11) is 0. The molecule has 0 aliphatic heterocycles. The maximum absolute atomic E-state index is 13.3. The van der Waals surface area contributed by atoms with Crippen LogP contribution >= 0.6 is 11.8 Å². The van der Waals surface area contributed by atoms with Crippen molar-refractivity contribution in [3.63, 3.8) is 0 Å². The lowest BCUT2D eigenvalue weighted by Gasteiger charge is -2.13. The molecule has 0 aromatic heterocycles. The van der Waals surface area contributed by atoms with Gasteiger partial charge in [-0.15, -0.1) is 11.8 Å². The fraction of sp³-hybridized carbons (Fsp3) is 0.222. The van der Waals surface area contributed by atoms with Gasteiger partial charge in [0.1, 0.15) is 6.04 Å². The molecule has 0 spiro atoms. The van der Waals surface area contributed by atoms with Crippen molar-refractivity contribution in [2.75, 3.05) is 17.6 Å². The van der Waals surface area contributed by atoms with Crippen molar-refractivity contribution in [3.05, 3.63) is 59.7 Å². The quantitative estimate of drug-likeness (QED) is 0.610. The van der Waals surface area contributed by atoms with Crippen LogP contribution in [0.5, 0.6) is 0 Å². The lowest BCUT2D eigenvalue weighted by Crippen LogP contribution is -2.86. The summed E-state index contributed by atoms with van der Waals surface area (Å²) in [6, 6.07) is 10.6. The molecule has 0 unspecified atom stereocenters. The molecule has 0 bridgehead atoms. The molecule has 2 aromatic carbocycles. The molecule has 0 fully saturated rings. The predicted octanol–water partition coefficient (Wildman–Crippen LogP) is 1.81. The molecule has 0 radical (unpaired) electrons. The Kier molecular flexibility index (Phi) is 7.11. The summed E-state index contributed by atoms with van der Waals surface area (Å²) in [4.78, 5) is 23.8. The number of nitrogens with one attached hydrogen (secondary N) is 1. The van der Waals surface area contributed by atoms with Crippen LogP contribution in [0.4, 0.5) is 14.5 Å². The number of anilines is 1. The summed E-state index contributed by atoms with van der Waals surface area (Å²) in [5.41, 5.74) is 6.33. The van der Waals surface area contributed by atoms with Gasteiger partial charge in [0.2, 0.25) is 5.91 Å². The Morgan fingerprint density at radius 2 is 1.92 bits per heavy atom. The minimum Gasteiger partial charge on any atom is -0.369 e. The summed E-state index contributed by atoms with van der Waals surface area (Å²) in [6.07, 6.45) is 0. The number of halogens is 2. The Bertz CT molecular complexity index is 802. The van der Waals surface area contributed by atoms with E-state index in [1.54, 1.807) is 36.5 Å². The first-order valence-corrected chi connectivity index (χ1v) is 8.93. The van der Waals surface area contributed by atoms with E-state index < -0.39 is 17.5 Å². The van der Waals surface area contributed by atoms with Gasteiger partial charge >= 0.3 is 0 Å². The van der Waals surface area contributed by atoms with Crippen molar-refractivity contribution in [1.82, 2.24) is 0 Å². The molecule has 1 atom stereocenters. The highest BCUT2D eigenvalue weighted by Crippen LogP contribution is 2.26. The molecular weight excluding hydrogens is 360 g/mol. The Labute approximate surface area is 154 Å². The molecule has 2 aromatic rings. The van der Waals surface area contributed by atoms with Crippen molar-refractivity contribution >= 4 is 29.3 Å². The van der Waals surface area contributed by atoms with Gasteiger partial charge in [-0.3, -0.25) is 9.59 Å². The van der Waals surface area contributed by atoms with Crippen LogP contribution in [0.15, 0.2) is 47.4 Å². The summed E-state index contributed by atoms with van der Waals surface area (Å²) >= 11 is 1.24. The lowest BCUT2D eigenvalue weighted by atomic mass is 10.1. The third kappa shape index (κ3) is 5.82. The third-order valence-electron chi connectivity index (χ3n) is 3.66. The minimum absolute atomic E-state index is 0.106. The molecule has 8 heteroatoms. The Balaban J connectivity index is 1.92. The second kappa shape index (κ2) is 9.30. The Hall–Kier alpha value is -2.45. The van der Waals surface area contributed by atoms with Gasteiger partial charge in [0.05, 0.1) is 11.4 Å². The molecule has 0 aliphatic carbocycles. The Morgan fingerprint density at radius 3 is 2.62 bits per heavy atom. The number of rotatable bonds is 8. The number of hydrogen-bond donors (Lipinski definition) is 3. The van der Waals surface area contributed by atoms with Crippen LogP contribution in [-0.2, 0) is 9.59 Å². The first kappa shape index (κ1) is 19.9. The Morgan fingerprint density at radius 1 is 1.19 bits per heavy atom. The number of para-hydroxylation sites is 1. The van der Waals surface area contributed by atoms with E-state index in [1.807, 2.05) is 0 Å². The first-order chi connectivity index (χ1) is 12.4. The molecule has 5 N–H and O–H groups in total. The van der Waals surface area contributed by atoms with Crippen molar-refractivity contribution < 1.29 is 23.7 Å². The van der Waals surface area contributed by atoms with Crippen LogP contribution in [0, 0.1) is 11.6 Å². The molecule has 26 heavy (non-hydrogen) atoms. The normalized spacial score (nSPS) is 11.8. The molecule has 138 valence electrons. The lowest BCUT2D eigenvalue weighted by molar-refractivity contribution is -0.682. The number of thioether (sulfide) groups is 1. The minimum atomic E-state index is -0.910. The van der Waals surface area contributed by atoms with Crippen LogP contribution in [-0.4, -0.2) is 24.1 Å². The molecule has 0 heterocycles. The van der Waals surface area contributed by atoms with E-state index in [0.717, 1.165) is 17.0 Å².